The molecule has 0 aromatic carbocycles. The fourth-order valence-corrected chi connectivity index (χ4v) is 1.89. The van der Waals surface area contributed by atoms with Crippen molar-refractivity contribution in [1.82, 2.24) is 19.9 Å². The first-order valence-corrected chi connectivity index (χ1v) is 6.29. The van der Waals surface area contributed by atoms with Gasteiger partial charge in [-0.2, -0.15) is 15.0 Å². The van der Waals surface area contributed by atoms with Gasteiger partial charge in [0.2, 0.25) is 11.1 Å². The summed E-state index contributed by atoms with van der Waals surface area (Å²) in [5, 5.41) is 4.26. The van der Waals surface area contributed by atoms with E-state index in [1.807, 2.05) is 25.1 Å². The van der Waals surface area contributed by atoms with Crippen molar-refractivity contribution in [3.05, 3.63) is 24.4 Å². The second kappa shape index (κ2) is 6.15. The maximum Gasteiger partial charge on any atom is 0.322 e. The van der Waals surface area contributed by atoms with Crippen LogP contribution in [-0.2, 0) is 0 Å². The lowest BCUT2D eigenvalue weighted by molar-refractivity contribution is 0.308. The molecular weight excluding hydrogens is 250 g/mol. The first-order valence-electron chi connectivity index (χ1n) is 5.47. The summed E-state index contributed by atoms with van der Waals surface area (Å²) < 4.78 is 5.29. The molecule has 0 aliphatic carbocycles. The van der Waals surface area contributed by atoms with Gasteiger partial charge in [-0.3, -0.25) is 0 Å². The Bertz CT molecular complexity index is 508. The van der Waals surface area contributed by atoms with Gasteiger partial charge in [0.1, 0.15) is 5.03 Å². The molecule has 6 nitrogen and oxygen atoms in total. The van der Waals surface area contributed by atoms with E-state index in [1.165, 1.54) is 11.8 Å². The Hall–Kier alpha value is -1.89. The number of rotatable bonds is 5. The van der Waals surface area contributed by atoms with Gasteiger partial charge in [-0.05, 0) is 30.8 Å². The zero-order chi connectivity index (χ0) is 12.8. The van der Waals surface area contributed by atoms with Gasteiger partial charge in [0.15, 0.2) is 0 Å². The van der Waals surface area contributed by atoms with Crippen LogP contribution in [0.1, 0.15) is 6.92 Å². The van der Waals surface area contributed by atoms with Crippen LogP contribution in [0.3, 0.4) is 0 Å². The van der Waals surface area contributed by atoms with Gasteiger partial charge in [0.05, 0.1) is 6.61 Å². The van der Waals surface area contributed by atoms with Gasteiger partial charge in [-0.15, -0.1) is 0 Å². The zero-order valence-corrected chi connectivity index (χ0v) is 10.9. The quantitative estimate of drug-likeness (QED) is 0.882. The molecule has 2 rings (SSSR count). The summed E-state index contributed by atoms with van der Waals surface area (Å²) in [5.74, 6) is 0.479. The predicted molar refractivity (Wildman–Crippen MR) is 68.9 cm³/mol. The molecule has 2 aromatic rings. The fourth-order valence-electron chi connectivity index (χ4n) is 1.19. The van der Waals surface area contributed by atoms with Crippen molar-refractivity contribution in [3.8, 4) is 6.01 Å². The van der Waals surface area contributed by atoms with Crippen molar-refractivity contribution in [2.24, 2.45) is 0 Å². The average molecular weight is 263 g/mol. The first kappa shape index (κ1) is 12.6. The number of aromatic nitrogens is 4. The molecule has 0 atom stereocenters. The molecule has 2 heterocycles. The van der Waals surface area contributed by atoms with Crippen molar-refractivity contribution < 1.29 is 4.74 Å². The molecule has 0 fully saturated rings. The molecule has 18 heavy (non-hydrogen) atoms. The molecule has 94 valence electrons. The van der Waals surface area contributed by atoms with Gasteiger partial charge in [0, 0.05) is 13.2 Å². The molecule has 7 heteroatoms. The van der Waals surface area contributed by atoms with Gasteiger partial charge in [0.25, 0.3) is 0 Å². The maximum absolute atomic E-state index is 5.29. The van der Waals surface area contributed by atoms with Crippen molar-refractivity contribution >= 4 is 17.7 Å². The molecule has 0 amide bonds. The Balaban J connectivity index is 2.24. The second-order valence-electron chi connectivity index (χ2n) is 3.18. The smallest absolute Gasteiger partial charge is 0.322 e. The van der Waals surface area contributed by atoms with E-state index in [9.17, 15) is 0 Å². The summed E-state index contributed by atoms with van der Waals surface area (Å²) in [6.45, 7) is 2.40. The third-order valence-electron chi connectivity index (χ3n) is 1.93. The molecule has 0 saturated carbocycles. The van der Waals surface area contributed by atoms with Gasteiger partial charge >= 0.3 is 6.01 Å². The SMILES string of the molecule is CCOc1nc(NC)nc(Sc2ccccn2)n1. The third-order valence-corrected chi connectivity index (χ3v) is 2.74. The topological polar surface area (TPSA) is 72.8 Å². The Kier molecular flexibility index (Phi) is 4.30. The molecule has 0 spiro atoms. The lowest BCUT2D eigenvalue weighted by Crippen LogP contribution is -2.04. The van der Waals surface area contributed by atoms with Crippen LogP contribution in [0.15, 0.2) is 34.6 Å². The molecule has 0 radical (unpaired) electrons. The maximum atomic E-state index is 5.29. The van der Waals surface area contributed by atoms with E-state index < -0.39 is 0 Å². The van der Waals surface area contributed by atoms with Gasteiger partial charge in [-0.25, -0.2) is 4.98 Å². The van der Waals surface area contributed by atoms with Crippen LogP contribution in [0.25, 0.3) is 0 Å². The standard InChI is InChI=1S/C11H13N5OS/c1-3-17-10-14-9(12-2)15-11(16-10)18-8-6-4-5-7-13-8/h4-7H,3H2,1-2H3,(H,12,14,15,16). The lowest BCUT2D eigenvalue weighted by atomic mass is 10.5. The van der Waals surface area contributed by atoms with E-state index >= 15 is 0 Å². The summed E-state index contributed by atoms with van der Waals surface area (Å²) in [6.07, 6.45) is 1.73. The van der Waals surface area contributed by atoms with E-state index in [2.05, 4.69) is 25.3 Å². The highest BCUT2D eigenvalue weighted by Gasteiger charge is 2.08. The highest BCUT2D eigenvalue weighted by molar-refractivity contribution is 7.99. The van der Waals surface area contributed by atoms with Crippen molar-refractivity contribution in [2.45, 2.75) is 17.1 Å². The summed E-state index contributed by atoms with van der Waals surface area (Å²) in [7, 11) is 1.75. The Morgan fingerprint density at radius 2 is 2.17 bits per heavy atom. The minimum absolute atomic E-state index is 0.315. The van der Waals surface area contributed by atoms with E-state index in [1.54, 1.807) is 13.2 Å². The molecular formula is C11H13N5OS. The highest BCUT2D eigenvalue weighted by Crippen LogP contribution is 2.24. The van der Waals surface area contributed by atoms with E-state index in [-0.39, 0.29) is 0 Å². The van der Waals surface area contributed by atoms with E-state index in [4.69, 9.17) is 4.74 Å². The number of hydrogen-bond acceptors (Lipinski definition) is 7. The fraction of sp³-hybridized carbons (Fsp3) is 0.273. The monoisotopic (exact) mass is 263 g/mol. The number of pyridine rings is 1. The van der Waals surface area contributed by atoms with Gasteiger partial charge < -0.3 is 10.1 Å². The third kappa shape index (κ3) is 3.30. The summed E-state index contributed by atoms with van der Waals surface area (Å²) in [4.78, 5) is 16.7. The number of nitrogens with zero attached hydrogens (tertiary/aromatic N) is 4. The minimum atomic E-state index is 0.315. The minimum Gasteiger partial charge on any atom is -0.464 e. The van der Waals surface area contributed by atoms with Crippen LogP contribution in [-0.4, -0.2) is 33.6 Å². The molecule has 2 aromatic heterocycles. The number of ether oxygens (including phenoxy) is 1. The summed E-state index contributed by atoms with van der Waals surface area (Å²) >= 11 is 1.36. The normalized spacial score (nSPS) is 10.1. The van der Waals surface area contributed by atoms with Gasteiger partial charge in [-0.1, -0.05) is 6.07 Å². The molecule has 1 N–H and O–H groups in total. The van der Waals surface area contributed by atoms with E-state index in [0.717, 1.165) is 5.03 Å². The molecule has 0 saturated heterocycles. The van der Waals surface area contributed by atoms with Crippen LogP contribution in [0.5, 0.6) is 6.01 Å². The molecule has 0 aliphatic rings. The summed E-state index contributed by atoms with van der Waals surface area (Å²) in [6, 6.07) is 5.99. The van der Waals surface area contributed by atoms with E-state index in [0.29, 0.717) is 23.7 Å². The number of nitrogens with one attached hydrogen (secondary N) is 1. The van der Waals surface area contributed by atoms with Crippen molar-refractivity contribution in [3.63, 3.8) is 0 Å². The highest BCUT2D eigenvalue weighted by atomic mass is 32.2. The summed E-state index contributed by atoms with van der Waals surface area (Å²) in [5.41, 5.74) is 0. The van der Waals surface area contributed by atoms with Crippen molar-refractivity contribution in [1.29, 1.82) is 0 Å². The van der Waals surface area contributed by atoms with Crippen LogP contribution in [0.2, 0.25) is 0 Å². The largest absolute Gasteiger partial charge is 0.464 e. The van der Waals surface area contributed by atoms with Crippen molar-refractivity contribution in [2.75, 3.05) is 19.0 Å². The van der Waals surface area contributed by atoms with Crippen LogP contribution in [0.4, 0.5) is 5.95 Å². The molecule has 0 bridgehead atoms. The Morgan fingerprint density at radius 3 is 2.83 bits per heavy atom. The Labute approximate surface area is 109 Å². The number of hydrogen-bond donors (Lipinski definition) is 1. The van der Waals surface area contributed by atoms with Crippen LogP contribution < -0.4 is 10.1 Å². The molecule has 0 unspecified atom stereocenters. The lowest BCUT2D eigenvalue weighted by Gasteiger charge is -2.05. The predicted octanol–water partition coefficient (Wildman–Crippen LogP) is 1.86. The number of anilines is 1. The van der Waals surface area contributed by atoms with Crippen LogP contribution >= 0.6 is 11.8 Å². The van der Waals surface area contributed by atoms with Crippen LogP contribution in [0, 0.1) is 0 Å². The second-order valence-corrected chi connectivity index (χ2v) is 4.16. The average Bonchev–Trinajstić information content (AvgIpc) is 2.40. The zero-order valence-electron chi connectivity index (χ0n) is 10.1. The molecule has 0 aliphatic heterocycles. The first-order chi connectivity index (χ1) is 8.81. The Morgan fingerprint density at radius 1 is 1.28 bits per heavy atom.